The van der Waals surface area contributed by atoms with Crippen molar-refractivity contribution in [2.24, 2.45) is 22.7 Å². The molecule has 3 aliphatic heterocycles. The first-order valence-corrected chi connectivity index (χ1v) is 31.9. The second kappa shape index (κ2) is 25.2. The molecular formula is C60H79ClN14O8S2. The van der Waals surface area contributed by atoms with Crippen molar-refractivity contribution in [3.8, 4) is 23.4 Å². The predicted octanol–water partition coefficient (Wildman–Crippen LogP) is 9.52. The zero-order valence-electron chi connectivity index (χ0n) is 56.5. The lowest BCUT2D eigenvalue weighted by Gasteiger charge is -2.34. The summed E-state index contributed by atoms with van der Waals surface area (Å²) in [4.78, 5) is 46.0. The van der Waals surface area contributed by atoms with E-state index in [1.807, 2.05) is 9.62 Å². The van der Waals surface area contributed by atoms with Crippen molar-refractivity contribution in [2.45, 2.75) is 152 Å². The number of halogens is 1. The van der Waals surface area contributed by atoms with E-state index in [4.69, 9.17) is 37.0 Å². The van der Waals surface area contributed by atoms with Gasteiger partial charge in [-0.15, -0.1) is 10.2 Å². The van der Waals surface area contributed by atoms with Crippen LogP contribution in [0.1, 0.15) is 163 Å². The molecule has 11 rings (SSSR count). The fourth-order valence-corrected chi connectivity index (χ4v) is 12.6. The van der Waals surface area contributed by atoms with Crippen molar-refractivity contribution >= 4 is 60.9 Å². The van der Waals surface area contributed by atoms with Crippen LogP contribution >= 0.6 is 11.6 Å². The average Bonchev–Trinajstić information content (AvgIpc) is 1.60. The standard InChI is InChI=1S/C30H40ClN7O4S.C30H39N7O4S/c1-29(2)19-21(20-33-29)7-5-16-32-23-8-4-9-26(34-23)43(40,41)37-28(39)22-10-11-24(35-27(22)31)38-17-12-25(36-38)42-18-6-13-30(3)14-15-30;1-29(2)19-21-7-5-16-31-23-8-4-9-26(32-23)42(39,40)35-28(38)22-10-11-24(33-27(22)36(29)20-21)37-17-12-25(34-37)41-18-6-13-30(3)14-15-30/h4,8-12,17,21,33H,5-7,13-16,18-20H2,1-3H3,(H,32,34)(H,37,39);4,8-12,17,21H,5-7,13-16,18-20H2,1-3H3,(H,31,32)(H,35,38)/t2*21-/m00/s1/i2*6D2,13D2. The molecule has 2 aliphatic carbocycles. The van der Waals surface area contributed by atoms with Crippen LogP contribution < -0.4 is 39.8 Å². The van der Waals surface area contributed by atoms with Gasteiger partial charge < -0.3 is 30.3 Å². The maximum absolute atomic E-state index is 13.6. The van der Waals surface area contributed by atoms with E-state index < -0.39 is 81.4 Å². The van der Waals surface area contributed by atoms with Crippen LogP contribution in [0.4, 0.5) is 17.5 Å². The molecule has 6 aromatic rings. The molecule has 5 N–H and O–H groups in total. The van der Waals surface area contributed by atoms with Crippen molar-refractivity contribution < 1.29 is 46.9 Å². The highest BCUT2D eigenvalue weighted by Gasteiger charge is 2.42. The number of carbonyl (C=O) groups excluding carboxylic acids is 2. The molecule has 22 nitrogen and oxygen atoms in total. The lowest BCUT2D eigenvalue weighted by atomic mass is 9.93. The molecule has 0 radical (unpaired) electrons. The van der Waals surface area contributed by atoms with Crippen LogP contribution in [-0.2, 0) is 20.0 Å². The minimum atomic E-state index is -4.33. The molecule has 4 fully saturated rings. The molecule has 4 bridgehead atoms. The quantitative estimate of drug-likeness (QED) is 0.0351. The molecule has 456 valence electrons. The first kappa shape index (κ1) is 51.3. The van der Waals surface area contributed by atoms with Crippen LogP contribution in [0.3, 0.4) is 0 Å². The molecule has 25 heteroatoms. The Balaban J connectivity index is 0.000000203. The van der Waals surface area contributed by atoms with Crippen molar-refractivity contribution in [1.82, 2.24) is 54.3 Å². The summed E-state index contributed by atoms with van der Waals surface area (Å²) in [6.45, 7) is 13.8. The highest BCUT2D eigenvalue weighted by molar-refractivity contribution is 7.90. The van der Waals surface area contributed by atoms with Gasteiger partial charge in [-0.1, -0.05) is 37.6 Å². The van der Waals surface area contributed by atoms with Gasteiger partial charge in [0, 0.05) is 66.2 Å². The first-order chi connectivity index (χ1) is 43.4. The smallest absolute Gasteiger partial charge is 0.281 e. The van der Waals surface area contributed by atoms with Crippen molar-refractivity contribution in [3.63, 3.8) is 0 Å². The van der Waals surface area contributed by atoms with E-state index in [0.717, 1.165) is 45.1 Å². The van der Waals surface area contributed by atoms with Crippen molar-refractivity contribution in [2.75, 3.05) is 54.9 Å². The molecule has 0 unspecified atom stereocenters. The highest BCUT2D eigenvalue weighted by Crippen LogP contribution is 2.49. The van der Waals surface area contributed by atoms with Crippen LogP contribution in [0, 0.1) is 22.7 Å². The number of nitrogens with zero attached hydrogens (tertiary/aromatic N) is 9. The Morgan fingerprint density at radius 1 is 0.824 bits per heavy atom. The Morgan fingerprint density at radius 3 is 2.13 bits per heavy atom. The molecular weight excluding hydrogens is 1140 g/mol. The Bertz CT molecular complexity index is 4000. The van der Waals surface area contributed by atoms with Crippen molar-refractivity contribution in [3.05, 3.63) is 101 Å². The van der Waals surface area contributed by atoms with Crippen LogP contribution in [0.15, 0.2) is 95.2 Å². The molecule has 6 aromatic heterocycles. The number of rotatable bonds is 20. The fourth-order valence-electron chi connectivity index (χ4n) is 10.5. The molecule has 2 saturated carbocycles. The normalized spacial score (nSPS) is 22.5. The minimum absolute atomic E-state index is 0.0378. The van der Waals surface area contributed by atoms with E-state index in [-0.39, 0.29) is 55.0 Å². The van der Waals surface area contributed by atoms with Crippen LogP contribution in [0.2, 0.25) is 5.15 Å². The average molecular weight is 1230 g/mol. The zero-order chi connectivity index (χ0) is 67.4. The maximum Gasteiger partial charge on any atom is 0.281 e. The third-order valence-electron chi connectivity index (χ3n) is 15.7. The Kier molecular flexibility index (Phi) is 15.2. The topological polar surface area (TPSA) is 271 Å². The molecule has 2 atom stereocenters. The summed E-state index contributed by atoms with van der Waals surface area (Å²) in [5.41, 5.74) is -1.78. The van der Waals surface area contributed by atoms with Gasteiger partial charge in [0.2, 0.25) is 11.8 Å². The summed E-state index contributed by atoms with van der Waals surface area (Å²) in [7, 11) is -8.63. The molecule has 2 amide bonds. The molecule has 0 spiro atoms. The zero-order valence-corrected chi connectivity index (χ0v) is 50.9. The maximum atomic E-state index is 13.6. The van der Waals surface area contributed by atoms with Gasteiger partial charge in [0.05, 0.1) is 24.3 Å². The van der Waals surface area contributed by atoms with E-state index in [0.29, 0.717) is 80.4 Å². The SMILES string of the molecule is [2H]C([2H])(COc1ccn(-c2ccc(C(=O)NS(=O)(=O)c3cccc(NCCC[C@@H]4CNC(C)(C)C4)n3)c(Cl)n2)n1)C([2H])([2H])C1(C)CC1.[2H]C([2H])(COc1ccn(-c2ccc3c(n2)N2C[C@@H](CCCNc4cccc(n4)S(=O)(=O)NC3=O)CC2(C)C)n1)C([2H])([2H])C1(C)CC1. The molecule has 85 heavy (non-hydrogen) atoms. The van der Waals surface area contributed by atoms with Crippen LogP contribution in [0.25, 0.3) is 11.6 Å². The number of hydrogen-bond donors (Lipinski definition) is 5. The number of anilines is 3. The summed E-state index contributed by atoms with van der Waals surface area (Å²) in [5, 5.41) is 17.6. The molecule has 2 saturated heterocycles. The number of hydrogen-bond acceptors (Lipinski definition) is 18. The Hall–Kier alpha value is -6.89. The van der Waals surface area contributed by atoms with Crippen LogP contribution in [0.5, 0.6) is 11.8 Å². The second-order valence-electron chi connectivity index (χ2n) is 24.1. The number of amides is 2. The third kappa shape index (κ3) is 16.0. The van der Waals surface area contributed by atoms with Gasteiger partial charge >= 0.3 is 0 Å². The van der Waals surface area contributed by atoms with Gasteiger partial charge in [0.25, 0.3) is 31.9 Å². The van der Waals surface area contributed by atoms with Gasteiger partial charge in [-0.25, -0.2) is 38.7 Å². The summed E-state index contributed by atoms with van der Waals surface area (Å²) < 4.78 is 137. The number of fused-ring (bicyclic) bond motifs is 6. The summed E-state index contributed by atoms with van der Waals surface area (Å²) in [5.74, 6) is 0.833. The fraction of sp³-hybridized carbons (Fsp3) is 0.533. The molecule has 9 heterocycles. The number of carbonyl (C=O) groups is 2. The Morgan fingerprint density at radius 2 is 1.48 bits per heavy atom. The van der Waals surface area contributed by atoms with Gasteiger partial charge in [0.1, 0.15) is 22.6 Å². The summed E-state index contributed by atoms with van der Waals surface area (Å²) >= 11 is 6.27. The van der Waals surface area contributed by atoms with Gasteiger partial charge in [-0.2, -0.15) is 16.8 Å². The minimum Gasteiger partial charge on any atom is -0.477 e. The summed E-state index contributed by atoms with van der Waals surface area (Å²) in [6.07, 6.45) is 2.54. The van der Waals surface area contributed by atoms with Gasteiger partial charge in [-0.05, 0) is 195 Å². The van der Waals surface area contributed by atoms with E-state index >= 15 is 0 Å². The lowest BCUT2D eigenvalue weighted by Crippen LogP contribution is -2.41. The third-order valence-corrected chi connectivity index (χ3v) is 18.4. The first-order valence-electron chi connectivity index (χ1n) is 32.6. The van der Waals surface area contributed by atoms with E-state index in [2.05, 4.69) is 73.5 Å². The second-order valence-corrected chi connectivity index (χ2v) is 27.7. The van der Waals surface area contributed by atoms with E-state index in [1.54, 1.807) is 50.4 Å². The monoisotopic (exact) mass is 1230 g/mol. The van der Waals surface area contributed by atoms with E-state index in [1.165, 1.54) is 58.0 Å². The molecule has 0 aromatic carbocycles. The van der Waals surface area contributed by atoms with Crippen LogP contribution in [-0.4, -0.2) is 119 Å². The highest BCUT2D eigenvalue weighted by atomic mass is 35.5. The largest absolute Gasteiger partial charge is 0.477 e. The number of nitrogens with one attached hydrogen (secondary N) is 5. The number of ether oxygens (including phenoxy) is 2. The number of sulfonamides is 2. The molecule has 5 aliphatic rings. The van der Waals surface area contributed by atoms with Crippen molar-refractivity contribution in [1.29, 1.82) is 0 Å². The van der Waals surface area contributed by atoms with E-state index in [9.17, 15) is 26.4 Å². The van der Waals surface area contributed by atoms with Gasteiger partial charge in [0.15, 0.2) is 21.7 Å². The number of pyridine rings is 4. The van der Waals surface area contributed by atoms with Gasteiger partial charge in [-0.3, -0.25) is 9.59 Å². The lowest BCUT2D eigenvalue weighted by molar-refractivity contribution is 0.0972. The summed E-state index contributed by atoms with van der Waals surface area (Å²) in [6, 6.07) is 17.8. The Labute approximate surface area is 514 Å². The number of aromatic nitrogens is 8. The predicted molar refractivity (Wildman–Crippen MR) is 325 cm³/mol.